The Balaban J connectivity index is 1.65. The third-order valence-electron chi connectivity index (χ3n) is 6.26. The van der Waals surface area contributed by atoms with Crippen LogP contribution in [0.4, 0.5) is 10.5 Å². The van der Waals surface area contributed by atoms with E-state index in [-0.39, 0.29) is 29.8 Å². The summed E-state index contributed by atoms with van der Waals surface area (Å²) >= 11 is 6.00. The largest absolute Gasteiger partial charge is 0.352 e. The summed E-state index contributed by atoms with van der Waals surface area (Å²) in [6, 6.07) is 13.4. The summed E-state index contributed by atoms with van der Waals surface area (Å²) in [6.45, 7) is 6.89. The van der Waals surface area contributed by atoms with Crippen molar-refractivity contribution < 1.29 is 14.4 Å². The van der Waals surface area contributed by atoms with Gasteiger partial charge in [0.25, 0.3) is 5.91 Å². The molecule has 0 bridgehead atoms. The molecule has 2 aromatic rings. The fraction of sp³-hybridized carbons (Fsp3) is 0.423. The number of anilines is 1. The zero-order valence-electron chi connectivity index (χ0n) is 19.9. The van der Waals surface area contributed by atoms with Gasteiger partial charge >= 0.3 is 6.03 Å². The number of likely N-dealkylation sites (tertiary alicyclic amines) is 1. The maximum Gasteiger partial charge on any atom is 0.321 e. The van der Waals surface area contributed by atoms with E-state index in [0.717, 1.165) is 12.0 Å². The van der Waals surface area contributed by atoms with E-state index >= 15 is 0 Å². The molecule has 1 saturated heterocycles. The molecule has 3 rings (SSSR count). The molecule has 0 aromatic heterocycles. The lowest BCUT2D eigenvalue weighted by Gasteiger charge is -2.36. The van der Waals surface area contributed by atoms with Crippen LogP contribution in [-0.4, -0.2) is 47.9 Å². The number of nitrogens with zero attached hydrogens (tertiary/aromatic N) is 1. The molecule has 0 radical (unpaired) electrons. The molecule has 0 aliphatic carbocycles. The maximum absolute atomic E-state index is 13.1. The van der Waals surface area contributed by atoms with Gasteiger partial charge in [-0.3, -0.25) is 9.59 Å². The summed E-state index contributed by atoms with van der Waals surface area (Å²) in [5.74, 6) is -0.532. The lowest BCUT2D eigenvalue weighted by atomic mass is 9.88. The average Bonchev–Trinajstić information content (AvgIpc) is 2.82. The number of carbonyl (C=O) groups is 3. The van der Waals surface area contributed by atoms with Gasteiger partial charge in [0.05, 0.1) is 0 Å². The Labute approximate surface area is 206 Å². The maximum atomic E-state index is 13.1. The van der Waals surface area contributed by atoms with Crippen LogP contribution in [0.25, 0.3) is 0 Å². The first-order valence-electron chi connectivity index (χ1n) is 11.8. The second-order valence-electron chi connectivity index (χ2n) is 8.90. The summed E-state index contributed by atoms with van der Waals surface area (Å²) < 4.78 is 0. The van der Waals surface area contributed by atoms with Crippen molar-refractivity contribution in [3.05, 3.63) is 64.7 Å². The van der Waals surface area contributed by atoms with Crippen LogP contribution in [0.3, 0.4) is 0 Å². The van der Waals surface area contributed by atoms with E-state index in [0.29, 0.717) is 42.2 Å². The van der Waals surface area contributed by atoms with Crippen LogP contribution in [0.2, 0.25) is 5.02 Å². The highest BCUT2D eigenvalue weighted by molar-refractivity contribution is 6.30. The second-order valence-corrected chi connectivity index (χ2v) is 9.34. The standard InChI is InChI=1S/C26H33ClN4O3/c1-4-18(3)28-25(33)23(30-24(32)20-10-8-17(2)9-11-20)19-12-14-31(15-13-19)26(34)29-22-7-5-6-21(27)16-22/h5-11,16,18-19,23H,4,12-15H2,1-3H3,(H,28,33)(H,29,34)(H,30,32)/t18-,23-/m0/s1. The van der Waals surface area contributed by atoms with Crippen molar-refractivity contribution in [2.24, 2.45) is 5.92 Å². The second kappa shape index (κ2) is 11.9. The number of hydrogen-bond donors (Lipinski definition) is 3. The topological polar surface area (TPSA) is 90.5 Å². The minimum absolute atomic E-state index is 0.00911. The van der Waals surface area contributed by atoms with E-state index in [1.54, 1.807) is 41.3 Å². The summed E-state index contributed by atoms with van der Waals surface area (Å²) in [7, 11) is 0. The number of halogens is 1. The fourth-order valence-corrected chi connectivity index (χ4v) is 4.16. The molecule has 3 N–H and O–H groups in total. The van der Waals surface area contributed by atoms with Crippen LogP contribution >= 0.6 is 11.6 Å². The van der Waals surface area contributed by atoms with E-state index < -0.39 is 6.04 Å². The number of urea groups is 1. The van der Waals surface area contributed by atoms with Crippen LogP contribution < -0.4 is 16.0 Å². The van der Waals surface area contributed by atoms with Crippen LogP contribution in [-0.2, 0) is 4.79 Å². The first kappa shape index (κ1) is 25.6. The Morgan fingerprint density at radius 1 is 1.06 bits per heavy atom. The van der Waals surface area contributed by atoms with Gasteiger partial charge in [0, 0.05) is 35.4 Å². The van der Waals surface area contributed by atoms with Crippen LogP contribution in [0.1, 0.15) is 49.0 Å². The van der Waals surface area contributed by atoms with E-state index in [9.17, 15) is 14.4 Å². The molecule has 0 unspecified atom stereocenters. The smallest absolute Gasteiger partial charge is 0.321 e. The highest BCUT2D eigenvalue weighted by Crippen LogP contribution is 2.23. The van der Waals surface area contributed by atoms with Gasteiger partial charge in [0.1, 0.15) is 6.04 Å². The summed E-state index contributed by atoms with van der Waals surface area (Å²) in [5.41, 5.74) is 2.21. The van der Waals surface area contributed by atoms with Crippen molar-refractivity contribution >= 4 is 35.1 Å². The first-order chi connectivity index (χ1) is 16.3. The molecule has 7 nitrogen and oxygen atoms in total. The normalized spacial score (nSPS) is 15.8. The van der Waals surface area contributed by atoms with Crippen molar-refractivity contribution in [2.45, 2.75) is 52.1 Å². The molecule has 182 valence electrons. The molecule has 0 saturated carbocycles. The zero-order valence-corrected chi connectivity index (χ0v) is 20.7. The predicted molar refractivity (Wildman–Crippen MR) is 135 cm³/mol. The molecule has 0 spiro atoms. The minimum atomic E-state index is -0.666. The molecule has 1 aliphatic rings. The monoisotopic (exact) mass is 484 g/mol. The number of carbonyl (C=O) groups excluding carboxylic acids is 3. The molecule has 8 heteroatoms. The lowest BCUT2D eigenvalue weighted by molar-refractivity contribution is -0.125. The molecule has 2 aromatic carbocycles. The van der Waals surface area contributed by atoms with Gasteiger partial charge in [-0.2, -0.15) is 0 Å². The van der Waals surface area contributed by atoms with E-state index in [4.69, 9.17) is 11.6 Å². The van der Waals surface area contributed by atoms with Crippen molar-refractivity contribution in [3.8, 4) is 0 Å². The first-order valence-corrected chi connectivity index (χ1v) is 12.1. The van der Waals surface area contributed by atoms with Gasteiger partial charge in [0.15, 0.2) is 0 Å². The molecular formula is C26H33ClN4O3. The summed E-state index contributed by atoms with van der Waals surface area (Å²) in [5, 5.41) is 9.38. The number of amides is 4. The number of piperidine rings is 1. The Kier molecular flexibility index (Phi) is 8.93. The fourth-order valence-electron chi connectivity index (χ4n) is 3.97. The van der Waals surface area contributed by atoms with Gasteiger partial charge in [-0.25, -0.2) is 4.79 Å². The summed E-state index contributed by atoms with van der Waals surface area (Å²) in [6.07, 6.45) is 2.01. The number of benzene rings is 2. The van der Waals surface area contributed by atoms with E-state index in [1.165, 1.54) is 0 Å². The van der Waals surface area contributed by atoms with Crippen molar-refractivity contribution in [1.29, 1.82) is 0 Å². The van der Waals surface area contributed by atoms with Crippen molar-refractivity contribution in [1.82, 2.24) is 15.5 Å². The quantitative estimate of drug-likeness (QED) is 0.536. The Bertz CT molecular complexity index is 1000. The molecule has 34 heavy (non-hydrogen) atoms. The average molecular weight is 485 g/mol. The van der Waals surface area contributed by atoms with Crippen LogP contribution in [0, 0.1) is 12.8 Å². The van der Waals surface area contributed by atoms with Crippen molar-refractivity contribution in [3.63, 3.8) is 0 Å². The molecule has 1 heterocycles. The number of rotatable bonds is 7. The Morgan fingerprint density at radius 3 is 2.35 bits per heavy atom. The molecule has 4 amide bonds. The Morgan fingerprint density at radius 2 is 1.74 bits per heavy atom. The third-order valence-corrected chi connectivity index (χ3v) is 6.49. The number of hydrogen-bond acceptors (Lipinski definition) is 3. The van der Waals surface area contributed by atoms with Gasteiger partial charge in [-0.1, -0.05) is 42.3 Å². The number of aryl methyl sites for hydroxylation is 1. The predicted octanol–water partition coefficient (Wildman–Crippen LogP) is 4.61. The molecule has 1 fully saturated rings. The highest BCUT2D eigenvalue weighted by atomic mass is 35.5. The SMILES string of the molecule is CC[C@H](C)NC(=O)[C@@H](NC(=O)c1ccc(C)cc1)C1CCN(C(=O)Nc2cccc(Cl)c2)CC1. The Hall–Kier alpha value is -3.06. The van der Waals surface area contributed by atoms with E-state index in [1.807, 2.05) is 32.9 Å². The molecule has 2 atom stereocenters. The van der Waals surface area contributed by atoms with Gasteiger partial charge in [-0.15, -0.1) is 0 Å². The van der Waals surface area contributed by atoms with Gasteiger partial charge in [-0.05, 0) is 69.4 Å². The lowest BCUT2D eigenvalue weighted by Crippen LogP contribution is -2.55. The van der Waals surface area contributed by atoms with Crippen LogP contribution in [0.5, 0.6) is 0 Å². The zero-order chi connectivity index (χ0) is 24.7. The van der Waals surface area contributed by atoms with E-state index in [2.05, 4.69) is 16.0 Å². The van der Waals surface area contributed by atoms with Crippen LogP contribution in [0.15, 0.2) is 48.5 Å². The van der Waals surface area contributed by atoms with Gasteiger partial charge in [0.2, 0.25) is 5.91 Å². The minimum Gasteiger partial charge on any atom is -0.352 e. The molecular weight excluding hydrogens is 452 g/mol. The third kappa shape index (κ3) is 6.97. The van der Waals surface area contributed by atoms with Gasteiger partial charge < -0.3 is 20.9 Å². The number of nitrogens with one attached hydrogen (secondary N) is 3. The van der Waals surface area contributed by atoms with Crippen molar-refractivity contribution in [2.75, 3.05) is 18.4 Å². The summed E-state index contributed by atoms with van der Waals surface area (Å²) in [4.78, 5) is 40.4. The molecule has 1 aliphatic heterocycles. The highest BCUT2D eigenvalue weighted by Gasteiger charge is 2.34.